The van der Waals surface area contributed by atoms with E-state index in [9.17, 15) is 14.4 Å². The van der Waals surface area contributed by atoms with Crippen LogP contribution in [0.3, 0.4) is 0 Å². The number of hydrogen-bond donors (Lipinski definition) is 3. The normalized spacial score (nSPS) is 18.7. The second-order valence-electron chi connectivity index (χ2n) is 3.58. The zero-order valence-corrected chi connectivity index (χ0v) is 9.67. The Morgan fingerprint density at radius 2 is 2.29 bits per heavy atom. The number of urea groups is 1. The number of amides is 4. The monoisotopic (exact) mass is 253 g/mol. The van der Waals surface area contributed by atoms with Crippen LogP contribution in [-0.4, -0.2) is 30.4 Å². The van der Waals surface area contributed by atoms with E-state index in [4.69, 9.17) is 0 Å². The van der Waals surface area contributed by atoms with Crippen LogP contribution < -0.4 is 16.0 Å². The first-order valence-electron chi connectivity index (χ1n) is 5.05. The third-order valence-corrected chi connectivity index (χ3v) is 3.15. The maximum atomic E-state index is 11.5. The van der Waals surface area contributed by atoms with E-state index < -0.39 is 18.0 Å². The van der Waals surface area contributed by atoms with Gasteiger partial charge in [0.1, 0.15) is 6.04 Å². The highest BCUT2D eigenvalue weighted by Crippen LogP contribution is 2.08. The molecule has 1 aromatic heterocycles. The van der Waals surface area contributed by atoms with Gasteiger partial charge in [-0.25, -0.2) is 4.79 Å². The number of imide groups is 1. The number of carbonyl (C=O) groups excluding carboxylic acids is 3. The van der Waals surface area contributed by atoms with E-state index in [1.54, 1.807) is 0 Å². The van der Waals surface area contributed by atoms with E-state index in [0.29, 0.717) is 6.42 Å². The molecule has 0 radical (unpaired) electrons. The minimum Gasteiger partial charge on any atom is -0.353 e. The summed E-state index contributed by atoms with van der Waals surface area (Å²) < 4.78 is 0. The lowest BCUT2D eigenvalue weighted by molar-refractivity contribution is -0.121. The summed E-state index contributed by atoms with van der Waals surface area (Å²) in [5.74, 6) is -0.576. The first-order valence-corrected chi connectivity index (χ1v) is 5.93. The highest BCUT2D eigenvalue weighted by Gasteiger charge is 2.29. The Morgan fingerprint density at radius 1 is 1.47 bits per heavy atom. The van der Waals surface area contributed by atoms with Crippen molar-refractivity contribution in [2.24, 2.45) is 0 Å². The topological polar surface area (TPSA) is 87.3 Å². The zero-order chi connectivity index (χ0) is 12.3. The Balaban J connectivity index is 1.77. The number of carbonyl (C=O) groups is 3. The summed E-state index contributed by atoms with van der Waals surface area (Å²) in [6.07, 6.45) is 0.292. The van der Waals surface area contributed by atoms with Crippen molar-refractivity contribution in [1.82, 2.24) is 16.0 Å². The van der Waals surface area contributed by atoms with Gasteiger partial charge >= 0.3 is 6.03 Å². The van der Waals surface area contributed by atoms with E-state index >= 15 is 0 Å². The van der Waals surface area contributed by atoms with Crippen molar-refractivity contribution >= 4 is 29.2 Å². The van der Waals surface area contributed by atoms with Gasteiger partial charge in [-0.1, -0.05) is 6.07 Å². The van der Waals surface area contributed by atoms with Gasteiger partial charge in [0.25, 0.3) is 5.91 Å². The predicted molar refractivity (Wildman–Crippen MR) is 61.5 cm³/mol. The van der Waals surface area contributed by atoms with Crippen LogP contribution in [0.15, 0.2) is 17.5 Å². The Hall–Kier alpha value is -1.89. The van der Waals surface area contributed by atoms with E-state index in [-0.39, 0.29) is 12.5 Å². The predicted octanol–water partition coefficient (Wildman–Crippen LogP) is -0.385. The molecule has 1 aliphatic rings. The van der Waals surface area contributed by atoms with Crippen molar-refractivity contribution in [3.8, 4) is 0 Å². The summed E-state index contributed by atoms with van der Waals surface area (Å²) in [6.45, 7) is 0.113. The molecule has 2 heterocycles. The number of rotatable bonds is 4. The van der Waals surface area contributed by atoms with Gasteiger partial charge in [0.15, 0.2) is 0 Å². The lowest BCUT2D eigenvalue weighted by Crippen LogP contribution is -2.42. The minimum atomic E-state index is -0.671. The maximum absolute atomic E-state index is 11.5. The summed E-state index contributed by atoms with van der Waals surface area (Å²) in [7, 11) is 0. The average molecular weight is 253 g/mol. The van der Waals surface area contributed by atoms with E-state index in [0.717, 1.165) is 4.88 Å². The smallest absolute Gasteiger partial charge is 0.322 e. The number of thiophene rings is 1. The molecule has 90 valence electrons. The Morgan fingerprint density at radius 3 is 2.88 bits per heavy atom. The van der Waals surface area contributed by atoms with Gasteiger partial charge in [-0.2, -0.15) is 0 Å². The molecule has 1 unspecified atom stereocenters. The standard InChI is InChI=1S/C10H11N3O3S/c14-8(4-6-2-1-3-17-6)11-5-7-9(15)13-10(16)12-7/h1-3,7H,4-5H2,(H,11,14)(H2,12,13,15,16). The Bertz CT molecular complexity index is 444. The van der Waals surface area contributed by atoms with Crippen LogP contribution in [-0.2, 0) is 16.0 Å². The lowest BCUT2D eigenvalue weighted by atomic mass is 10.3. The van der Waals surface area contributed by atoms with Crippen molar-refractivity contribution < 1.29 is 14.4 Å². The Kier molecular flexibility index (Phi) is 3.38. The molecule has 17 heavy (non-hydrogen) atoms. The SMILES string of the molecule is O=C(Cc1cccs1)NCC1NC(=O)NC1=O. The molecule has 6 nitrogen and oxygen atoms in total. The third kappa shape index (κ3) is 3.04. The highest BCUT2D eigenvalue weighted by molar-refractivity contribution is 7.10. The molecule has 1 atom stereocenters. The number of nitrogens with one attached hydrogen (secondary N) is 3. The van der Waals surface area contributed by atoms with Crippen LogP contribution in [0.5, 0.6) is 0 Å². The molecule has 0 saturated carbocycles. The van der Waals surface area contributed by atoms with Crippen LogP contribution in [0.4, 0.5) is 4.79 Å². The van der Waals surface area contributed by atoms with Crippen LogP contribution >= 0.6 is 11.3 Å². The fourth-order valence-corrected chi connectivity index (χ4v) is 2.16. The fraction of sp³-hybridized carbons (Fsp3) is 0.300. The highest BCUT2D eigenvalue weighted by atomic mass is 32.1. The quantitative estimate of drug-likeness (QED) is 0.639. The second kappa shape index (κ2) is 4.96. The maximum Gasteiger partial charge on any atom is 0.322 e. The molecular formula is C10H11N3O3S. The van der Waals surface area contributed by atoms with E-state index in [1.807, 2.05) is 17.5 Å². The summed E-state index contributed by atoms with van der Waals surface area (Å²) in [6, 6.07) is 2.55. The van der Waals surface area contributed by atoms with Gasteiger partial charge in [0, 0.05) is 11.4 Å². The summed E-state index contributed by atoms with van der Waals surface area (Å²) in [4.78, 5) is 34.4. The molecule has 1 fully saturated rings. The van der Waals surface area contributed by atoms with Gasteiger partial charge in [-0.15, -0.1) is 11.3 Å². The van der Waals surface area contributed by atoms with Gasteiger partial charge in [0.2, 0.25) is 5.91 Å². The summed E-state index contributed by atoms with van der Waals surface area (Å²) >= 11 is 1.50. The van der Waals surface area contributed by atoms with Gasteiger partial charge in [-0.05, 0) is 11.4 Å². The second-order valence-corrected chi connectivity index (χ2v) is 4.61. The molecule has 0 aromatic carbocycles. The molecule has 0 spiro atoms. The molecule has 0 aliphatic carbocycles. The van der Waals surface area contributed by atoms with Crippen molar-refractivity contribution in [3.63, 3.8) is 0 Å². The fourth-order valence-electron chi connectivity index (χ4n) is 1.45. The van der Waals surface area contributed by atoms with Crippen molar-refractivity contribution in [2.45, 2.75) is 12.5 Å². The minimum absolute atomic E-state index is 0.113. The molecule has 4 amide bonds. The summed E-state index contributed by atoms with van der Waals surface area (Å²) in [5, 5.41) is 9.01. The van der Waals surface area contributed by atoms with Crippen molar-refractivity contribution in [3.05, 3.63) is 22.4 Å². The van der Waals surface area contributed by atoms with Gasteiger partial charge in [-0.3, -0.25) is 14.9 Å². The lowest BCUT2D eigenvalue weighted by Gasteiger charge is -2.08. The van der Waals surface area contributed by atoms with Crippen LogP contribution in [0.1, 0.15) is 4.88 Å². The largest absolute Gasteiger partial charge is 0.353 e. The first-order chi connectivity index (χ1) is 8.15. The molecular weight excluding hydrogens is 242 g/mol. The molecule has 2 rings (SSSR count). The first kappa shape index (κ1) is 11.6. The van der Waals surface area contributed by atoms with Crippen LogP contribution in [0, 0.1) is 0 Å². The summed E-state index contributed by atoms with van der Waals surface area (Å²) in [5.41, 5.74) is 0. The van der Waals surface area contributed by atoms with Crippen molar-refractivity contribution in [1.29, 1.82) is 0 Å². The van der Waals surface area contributed by atoms with Crippen LogP contribution in [0.2, 0.25) is 0 Å². The molecule has 1 saturated heterocycles. The van der Waals surface area contributed by atoms with Crippen molar-refractivity contribution in [2.75, 3.05) is 6.54 Å². The molecule has 1 aliphatic heterocycles. The zero-order valence-electron chi connectivity index (χ0n) is 8.86. The molecule has 7 heteroatoms. The Labute approximate surface area is 101 Å². The van der Waals surface area contributed by atoms with E-state index in [1.165, 1.54) is 11.3 Å². The molecule has 3 N–H and O–H groups in total. The molecule has 0 bridgehead atoms. The molecule has 1 aromatic rings. The number of hydrogen-bond acceptors (Lipinski definition) is 4. The average Bonchev–Trinajstić information content (AvgIpc) is 2.86. The third-order valence-electron chi connectivity index (χ3n) is 2.28. The van der Waals surface area contributed by atoms with E-state index in [2.05, 4.69) is 16.0 Å². The van der Waals surface area contributed by atoms with Crippen LogP contribution in [0.25, 0.3) is 0 Å². The van der Waals surface area contributed by atoms with Gasteiger partial charge < -0.3 is 10.6 Å². The van der Waals surface area contributed by atoms with Gasteiger partial charge in [0.05, 0.1) is 6.42 Å².